The van der Waals surface area contributed by atoms with Crippen LogP contribution in [0.4, 0.5) is 0 Å². The Morgan fingerprint density at radius 2 is 1.74 bits per heavy atom. The van der Waals surface area contributed by atoms with E-state index in [1.54, 1.807) is 0 Å². The molecule has 0 aliphatic heterocycles. The Balaban J connectivity index is 1.62. The van der Waals surface area contributed by atoms with Crippen molar-refractivity contribution < 1.29 is 19.1 Å². The quantitative estimate of drug-likeness (QED) is 0.482. The zero-order chi connectivity index (χ0) is 22.4. The maximum absolute atomic E-state index is 12.2. The van der Waals surface area contributed by atoms with E-state index in [2.05, 4.69) is 18.8 Å². The van der Waals surface area contributed by atoms with E-state index < -0.39 is 5.60 Å². The second kappa shape index (κ2) is 8.20. The van der Waals surface area contributed by atoms with E-state index in [1.165, 1.54) is 6.42 Å². The molecule has 4 fully saturated rings. The summed E-state index contributed by atoms with van der Waals surface area (Å²) in [6, 6.07) is 0. The molecule has 9 atom stereocenters. The average molecular weight is 425 g/mol. The smallest absolute Gasteiger partial charge is 0.307 e. The zero-order valence-electron chi connectivity index (χ0n) is 19.2. The van der Waals surface area contributed by atoms with Crippen LogP contribution in [0.5, 0.6) is 0 Å². The summed E-state index contributed by atoms with van der Waals surface area (Å²) in [4.78, 5) is 24.4. The number of carbonyl (C=O) groups is 2. The summed E-state index contributed by atoms with van der Waals surface area (Å²) in [5.74, 6) is 7.90. The van der Waals surface area contributed by atoms with Gasteiger partial charge in [0.15, 0.2) is 5.60 Å². The highest BCUT2D eigenvalue weighted by Crippen LogP contribution is 2.67. The molecular formula is C27H36O4. The summed E-state index contributed by atoms with van der Waals surface area (Å²) in [5, 5.41) is 0. The molecule has 0 heterocycles. The van der Waals surface area contributed by atoms with Crippen molar-refractivity contribution >= 4 is 11.9 Å². The summed E-state index contributed by atoms with van der Waals surface area (Å²) in [7, 11) is 0. The Bertz CT molecular complexity index is 818. The number of rotatable bonds is 4. The van der Waals surface area contributed by atoms with Crippen LogP contribution in [0, 0.1) is 65.6 Å². The predicted molar refractivity (Wildman–Crippen MR) is 118 cm³/mol. The lowest BCUT2D eigenvalue weighted by molar-refractivity contribution is -0.173. The van der Waals surface area contributed by atoms with E-state index in [1.807, 2.05) is 13.8 Å². The molecule has 0 radical (unpaired) electrons. The molecule has 4 rings (SSSR count). The lowest BCUT2D eigenvalue weighted by atomic mass is 9.51. The molecule has 4 nitrogen and oxygen atoms in total. The van der Waals surface area contributed by atoms with Crippen LogP contribution < -0.4 is 0 Å². The maximum atomic E-state index is 12.2. The first kappa shape index (κ1) is 22.3. The van der Waals surface area contributed by atoms with E-state index in [9.17, 15) is 9.59 Å². The largest absolute Gasteiger partial charge is 0.461 e. The monoisotopic (exact) mass is 424 g/mol. The van der Waals surface area contributed by atoms with Gasteiger partial charge < -0.3 is 9.47 Å². The van der Waals surface area contributed by atoms with E-state index in [-0.39, 0.29) is 29.4 Å². The molecule has 0 aromatic heterocycles. The van der Waals surface area contributed by atoms with Gasteiger partial charge in [0.2, 0.25) is 0 Å². The van der Waals surface area contributed by atoms with Crippen molar-refractivity contribution in [3.63, 3.8) is 0 Å². The summed E-state index contributed by atoms with van der Waals surface area (Å²) in [6.07, 6.45) is 19.5. The normalized spacial score (nSPS) is 45.4. The molecule has 4 heteroatoms. The van der Waals surface area contributed by atoms with Crippen LogP contribution in [0.2, 0.25) is 0 Å². The molecule has 9 unspecified atom stereocenters. The first-order valence-electron chi connectivity index (χ1n) is 12.2. The topological polar surface area (TPSA) is 52.6 Å². The highest BCUT2D eigenvalue weighted by Gasteiger charge is 2.66. The molecule has 0 amide bonds. The second-order valence-electron chi connectivity index (χ2n) is 10.5. The molecule has 0 N–H and O–H groups in total. The first-order valence-corrected chi connectivity index (χ1v) is 12.2. The SMILES string of the molecule is C#CC1CC2CCC3C(CCC4(C)C3CCC4(C#C)OC(=O)CC)C2C1OC(=O)CC. The Kier molecular flexibility index (Phi) is 5.89. The number of esters is 2. The van der Waals surface area contributed by atoms with Crippen LogP contribution in [-0.2, 0) is 19.1 Å². The number of terminal acetylenes is 2. The van der Waals surface area contributed by atoms with Crippen molar-refractivity contribution in [3.8, 4) is 24.7 Å². The molecule has 4 saturated carbocycles. The van der Waals surface area contributed by atoms with Gasteiger partial charge in [0.05, 0.1) is 5.92 Å². The fourth-order valence-electron chi connectivity index (χ4n) is 7.93. The van der Waals surface area contributed by atoms with Gasteiger partial charge in [-0.3, -0.25) is 9.59 Å². The van der Waals surface area contributed by atoms with Gasteiger partial charge in [0.1, 0.15) is 6.10 Å². The summed E-state index contributed by atoms with van der Waals surface area (Å²) in [6.45, 7) is 5.91. The lowest BCUT2D eigenvalue weighted by Gasteiger charge is -2.55. The number of hydrogen-bond donors (Lipinski definition) is 0. The van der Waals surface area contributed by atoms with Gasteiger partial charge in [-0.15, -0.1) is 12.8 Å². The van der Waals surface area contributed by atoms with Crippen molar-refractivity contribution in [3.05, 3.63) is 0 Å². The fourth-order valence-corrected chi connectivity index (χ4v) is 7.93. The summed E-state index contributed by atoms with van der Waals surface area (Å²) < 4.78 is 12.0. The average Bonchev–Trinajstić information content (AvgIpc) is 3.28. The van der Waals surface area contributed by atoms with E-state index in [4.69, 9.17) is 22.3 Å². The highest BCUT2D eigenvalue weighted by atomic mass is 16.6. The predicted octanol–water partition coefficient (Wildman–Crippen LogP) is 4.76. The minimum atomic E-state index is -0.794. The van der Waals surface area contributed by atoms with Gasteiger partial charge in [-0.1, -0.05) is 32.6 Å². The van der Waals surface area contributed by atoms with Crippen LogP contribution in [-0.4, -0.2) is 23.6 Å². The third-order valence-electron chi connectivity index (χ3n) is 9.43. The van der Waals surface area contributed by atoms with Gasteiger partial charge in [-0.25, -0.2) is 0 Å². The Hall–Kier alpha value is -1.94. The maximum Gasteiger partial charge on any atom is 0.307 e. The first-order chi connectivity index (χ1) is 14.8. The molecule has 0 saturated heterocycles. The zero-order valence-corrected chi connectivity index (χ0v) is 19.2. The van der Waals surface area contributed by atoms with Crippen molar-refractivity contribution in [2.75, 3.05) is 0 Å². The number of fused-ring (bicyclic) bond motifs is 5. The van der Waals surface area contributed by atoms with E-state index in [0.29, 0.717) is 42.4 Å². The van der Waals surface area contributed by atoms with Gasteiger partial charge >= 0.3 is 11.9 Å². The molecular weight excluding hydrogens is 388 g/mol. The number of hydrogen-bond acceptors (Lipinski definition) is 4. The van der Waals surface area contributed by atoms with Crippen molar-refractivity contribution in [2.24, 2.45) is 40.9 Å². The molecule has 0 spiro atoms. The molecule has 31 heavy (non-hydrogen) atoms. The molecule has 4 aliphatic carbocycles. The number of carbonyl (C=O) groups excluding carboxylic acids is 2. The van der Waals surface area contributed by atoms with Crippen LogP contribution in [0.1, 0.15) is 78.6 Å². The number of ether oxygens (including phenoxy) is 2. The van der Waals surface area contributed by atoms with Crippen LogP contribution in [0.25, 0.3) is 0 Å². The standard InChI is InChI=1S/C27H36O4/c1-6-17-16-18-10-11-19-20(24(18)25(17)30-22(28)7-2)12-14-26(5)21(19)13-15-27(26,9-4)31-23(29)8-3/h1,4,17-21,24-25H,7-8,10-16H2,2-3,5H3. The van der Waals surface area contributed by atoms with Gasteiger partial charge in [-0.2, -0.15) is 0 Å². The third kappa shape index (κ3) is 3.29. The highest BCUT2D eigenvalue weighted by molar-refractivity contribution is 5.70. The third-order valence-corrected chi connectivity index (χ3v) is 9.43. The van der Waals surface area contributed by atoms with Gasteiger partial charge in [0.25, 0.3) is 0 Å². The molecule has 4 aliphatic rings. The van der Waals surface area contributed by atoms with Gasteiger partial charge in [-0.05, 0) is 68.6 Å². The molecule has 168 valence electrons. The Labute approximate surface area is 187 Å². The molecule has 0 bridgehead atoms. The Morgan fingerprint density at radius 1 is 1.00 bits per heavy atom. The lowest BCUT2D eigenvalue weighted by Crippen LogP contribution is -2.55. The van der Waals surface area contributed by atoms with Crippen molar-refractivity contribution in [1.82, 2.24) is 0 Å². The summed E-state index contributed by atoms with van der Waals surface area (Å²) >= 11 is 0. The van der Waals surface area contributed by atoms with Crippen molar-refractivity contribution in [2.45, 2.75) is 90.3 Å². The minimum absolute atomic E-state index is 0.0245. The fraction of sp³-hybridized carbons (Fsp3) is 0.778. The van der Waals surface area contributed by atoms with E-state index >= 15 is 0 Å². The second-order valence-corrected chi connectivity index (χ2v) is 10.5. The molecule has 0 aromatic carbocycles. The van der Waals surface area contributed by atoms with Crippen molar-refractivity contribution in [1.29, 1.82) is 0 Å². The van der Waals surface area contributed by atoms with E-state index in [0.717, 1.165) is 38.5 Å². The molecule has 0 aromatic rings. The van der Waals surface area contributed by atoms with Crippen LogP contribution in [0.15, 0.2) is 0 Å². The minimum Gasteiger partial charge on any atom is -0.461 e. The Morgan fingerprint density at radius 3 is 2.39 bits per heavy atom. The van der Waals surface area contributed by atoms with Gasteiger partial charge in [0, 0.05) is 24.2 Å². The summed E-state index contributed by atoms with van der Waals surface area (Å²) in [5.41, 5.74) is -0.988. The van der Waals surface area contributed by atoms with Crippen LogP contribution in [0.3, 0.4) is 0 Å². The van der Waals surface area contributed by atoms with Crippen LogP contribution >= 0.6 is 0 Å².